The van der Waals surface area contributed by atoms with Crippen LogP contribution in [0.15, 0.2) is 180 Å². The number of rotatable bonds is 6. The van der Waals surface area contributed by atoms with Crippen molar-refractivity contribution in [2.45, 2.75) is 0 Å². The Hall–Kier alpha value is -9.50. The number of aromatic hydroxyl groups is 2. The van der Waals surface area contributed by atoms with Gasteiger partial charge in [0.15, 0.2) is 0 Å². The average molecular weight is 847 g/mol. The number of phenols is 2. The molecule has 0 bridgehead atoms. The van der Waals surface area contributed by atoms with E-state index in [1.165, 1.54) is 0 Å². The second-order valence-electron chi connectivity index (χ2n) is 15.6. The lowest BCUT2D eigenvalue weighted by Crippen LogP contribution is -2.13. The first-order chi connectivity index (χ1) is 31.9. The van der Waals surface area contributed by atoms with Gasteiger partial charge in [0, 0.05) is 54.2 Å². The Bertz CT molecular complexity index is 4040. The zero-order chi connectivity index (χ0) is 43.5. The van der Waals surface area contributed by atoms with E-state index in [1.807, 2.05) is 48.5 Å². The predicted octanol–water partition coefficient (Wildman–Crippen LogP) is 11.5. The van der Waals surface area contributed by atoms with Gasteiger partial charge < -0.3 is 14.6 Å². The zero-order valence-electron chi connectivity index (χ0n) is 33.4. The summed E-state index contributed by atoms with van der Waals surface area (Å²) in [4.78, 5) is 36.9. The van der Waals surface area contributed by atoms with Gasteiger partial charge in [-0.1, -0.05) is 48.5 Å². The number of hydrogen-bond acceptors (Lipinski definition) is 13. The Morgan fingerprint density at radius 2 is 0.862 bits per heavy atom. The molecule has 13 aromatic rings. The van der Waals surface area contributed by atoms with E-state index < -0.39 is 0 Å². The first-order valence-electron chi connectivity index (χ1n) is 20.4. The van der Waals surface area contributed by atoms with Crippen molar-refractivity contribution in [3.05, 3.63) is 166 Å². The third-order valence-electron chi connectivity index (χ3n) is 11.9. The predicted molar refractivity (Wildman–Crippen MR) is 247 cm³/mol. The van der Waals surface area contributed by atoms with E-state index in [2.05, 4.69) is 30.7 Å². The molecule has 0 fully saturated rings. The summed E-state index contributed by atoms with van der Waals surface area (Å²) in [5, 5.41) is 53.4. The van der Waals surface area contributed by atoms with Crippen LogP contribution in [0.25, 0.3) is 99.4 Å². The monoisotopic (exact) mass is 846 g/mol. The highest BCUT2D eigenvalue weighted by atomic mass is 16.4. The molecular weight excluding hydrogens is 821 g/mol. The standard InChI is InChI=1S/C50H26N10O5/c61-39-23-33-41-29(7-5-9-31(41)49(63)59-37-13-3-1-11-35(37)51-45(33)59)43(39)55-53-27-19-15-25(16-20-27)47-57-58-48(65-47)26-17-21-28(22-18-26)54-56-44-30-8-6-10-32-42(30)34(24-40(44)62)46-52-36-12-2-4-14-38(36)60(46)50(32)64/h1-24,61-62H. The van der Waals surface area contributed by atoms with Crippen molar-refractivity contribution >= 4 is 99.2 Å². The van der Waals surface area contributed by atoms with Crippen LogP contribution in [0, 0.1) is 0 Å². The van der Waals surface area contributed by atoms with Gasteiger partial charge in [0.05, 0.1) is 33.4 Å². The highest BCUT2D eigenvalue weighted by Crippen LogP contribution is 2.44. The average Bonchev–Trinajstić information content (AvgIpc) is 4.09. The fourth-order valence-corrected chi connectivity index (χ4v) is 8.91. The Labute approximate surface area is 362 Å². The van der Waals surface area contributed by atoms with Crippen LogP contribution >= 0.6 is 0 Å². The molecule has 0 unspecified atom stereocenters. The number of imidazole rings is 2. The van der Waals surface area contributed by atoms with Gasteiger partial charge in [-0.15, -0.1) is 20.4 Å². The molecule has 5 heterocycles. The molecule has 0 saturated heterocycles. The molecule has 13 rings (SSSR count). The van der Waals surface area contributed by atoms with Crippen LogP contribution in [-0.2, 0) is 0 Å². The minimum absolute atomic E-state index is 0.0956. The highest BCUT2D eigenvalue weighted by molar-refractivity contribution is 6.20. The lowest BCUT2D eigenvalue weighted by molar-refractivity contribution is 0.477. The van der Waals surface area contributed by atoms with Gasteiger partial charge in [-0.05, 0) is 97.1 Å². The van der Waals surface area contributed by atoms with E-state index in [0.717, 1.165) is 0 Å². The van der Waals surface area contributed by atoms with Crippen LogP contribution in [0.1, 0.15) is 0 Å². The van der Waals surface area contributed by atoms with Crippen LogP contribution in [0.2, 0.25) is 0 Å². The van der Waals surface area contributed by atoms with Gasteiger partial charge >= 0.3 is 0 Å². The van der Waals surface area contributed by atoms with Gasteiger partial charge in [-0.2, -0.15) is 10.2 Å². The molecule has 5 aromatic heterocycles. The van der Waals surface area contributed by atoms with E-state index in [4.69, 9.17) is 14.4 Å². The van der Waals surface area contributed by atoms with Crippen molar-refractivity contribution in [3.63, 3.8) is 0 Å². The van der Waals surface area contributed by atoms with E-state index in [9.17, 15) is 19.8 Å². The quantitative estimate of drug-likeness (QED) is 0.153. The van der Waals surface area contributed by atoms with E-state index in [-0.39, 0.29) is 45.8 Å². The van der Waals surface area contributed by atoms with Crippen LogP contribution in [0.4, 0.5) is 22.7 Å². The molecule has 0 spiro atoms. The maximum atomic E-state index is 13.7. The summed E-state index contributed by atoms with van der Waals surface area (Å²) < 4.78 is 9.21. The molecule has 0 atom stereocenters. The smallest absolute Gasteiger partial charge is 0.264 e. The molecule has 0 radical (unpaired) electrons. The molecule has 15 nitrogen and oxygen atoms in total. The number of hydrogen-bond donors (Lipinski definition) is 2. The van der Waals surface area contributed by atoms with Crippen LogP contribution in [0.3, 0.4) is 0 Å². The second kappa shape index (κ2) is 13.5. The Morgan fingerprint density at radius 3 is 1.31 bits per heavy atom. The van der Waals surface area contributed by atoms with Crippen molar-refractivity contribution in [2.75, 3.05) is 0 Å². The summed E-state index contributed by atoms with van der Waals surface area (Å²) in [5.41, 5.74) is 6.06. The van der Waals surface area contributed by atoms with Crippen molar-refractivity contribution < 1.29 is 14.6 Å². The van der Waals surface area contributed by atoms with Gasteiger partial charge in [0.25, 0.3) is 11.1 Å². The summed E-state index contributed by atoms with van der Waals surface area (Å²) >= 11 is 0. The third kappa shape index (κ3) is 5.35. The number of pyridine rings is 2. The van der Waals surface area contributed by atoms with E-state index in [1.54, 1.807) is 106 Å². The maximum Gasteiger partial charge on any atom is 0.264 e. The SMILES string of the molecule is O=c1c2cccc3c(N=Nc4ccc(-c5nnc(-c6ccc(N=Nc7c(O)cc8c9c7cccc9c(=O)n7c9ccccc9nc87)cc6)o5)cc4)c(O)cc(c32)c2nc3ccccc3n12. The summed E-state index contributed by atoms with van der Waals surface area (Å²) in [6.07, 6.45) is 0. The molecule has 0 aliphatic heterocycles. The molecule has 8 aromatic carbocycles. The molecule has 0 amide bonds. The Balaban J connectivity index is 0.759. The number of para-hydroxylation sites is 4. The minimum Gasteiger partial charge on any atom is -0.506 e. The van der Waals surface area contributed by atoms with E-state index >= 15 is 0 Å². The molecule has 2 N–H and O–H groups in total. The number of azo groups is 2. The van der Waals surface area contributed by atoms with Crippen molar-refractivity contribution in [1.82, 2.24) is 29.0 Å². The summed E-state index contributed by atoms with van der Waals surface area (Å²) in [6.45, 7) is 0. The molecule has 0 saturated carbocycles. The number of fused-ring (bicyclic) bond motifs is 8. The summed E-state index contributed by atoms with van der Waals surface area (Å²) in [6, 6.07) is 42.8. The lowest BCUT2D eigenvalue weighted by Gasteiger charge is -2.10. The van der Waals surface area contributed by atoms with E-state index in [0.29, 0.717) is 99.0 Å². The second-order valence-corrected chi connectivity index (χ2v) is 15.6. The summed E-state index contributed by atoms with van der Waals surface area (Å²) in [7, 11) is 0. The van der Waals surface area contributed by atoms with Crippen molar-refractivity contribution in [3.8, 4) is 34.4 Å². The van der Waals surface area contributed by atoms with Gasteiger partial charge in [-0.3, -0.25) is 18.4 Å². The number of benzene rings is 8. The number of aromatic nitrogens is 6. The van der Waals surface area contributed by atoms with Crippen molar-refractivity contribution in [1.29, 1.82) is 0 Å². The number of nitrogens with zero attached hydrogens (tertiary/aromatic N) is 10. The van der Waals surface area contributed by atoms with Gasteiger partial charge in [0.2, 0.25) is 11.8 Å². The highest BCUT2D eigenvalue weighted by Gasteiger charge is 2.22. The largest absolute Gasteiger partial charge is 0.506 e. The first-order valence-corrected chi connectivity index (χ1v) is 20.4. The Morgan fingerprint density at radius 1 is 0.446 bits per heavy atom. The van der Waals surface area contributed by atoms with Crippen LogP contribution in [0.5, 0.6) is 11.5 Å². The van der Waals surface area contributed by atoms with Crippen molar-refractivity contribution in [2.24, 2.45) is 20.5 Å². The lowest BCUT2D eigenvalue weighted by atomic mass is 10.0. The van der Waals surface area contributed by atoms with Crippen LogP contribution in [-0.4, -0.2) is 39.2 Å². The molecule has 306 valence electrons. The Kier molecular flexibility index (Phi) is 7.51. The maximum absolute atomic E-state index is 13.7. The van der Waals surface area contributed by atoms with Crippen LogP contribution < -0.4 is 11.1 Å². The number of phenolic OH excluding ortho intramolecular Hbond substituents is 2. The first kappa shape index (κ1) is 36.2. The van der Waals surface area contributed by atoms with Gasteiger partial charge in [-0.25, -0.2) is 9.97 Å². The topological polar surface area (TPSA) is 198 Å². The summed E-state index contributed by atoms with van der Waals surface area (Å²) in [5.74, 6) is 0.386. The van der Waals surface area contributed by atoms with Gasteiger partial charge in [0.1, 0.15) is 34.2 Å². The molecule has 0 aliphatic carbocycles. The zero-order valence-corrected chi connectivity index (χ0v) is 33.4. The fourth-order valence-electron chi connectivity index (χ4n) is 8.91. The normalized spacial score (nSPS) is 12.4. The molecular formula is C50H26N10O5. The minimum atomic E-state index is -0.202. The fraction of sp³-hybridized carbons (Fsp3) is 0. The molecule has 65 heavy (non-hydrogen) atoms. The molecule has 0 aliphatic rings. The third-order valence-corrected chi connectivity index (χ3v) is 11.9. The molecule has 15 heteroatoms.